The van der Waals surface area contributed by atoms with E-state index >= 15 is 0 Å². The van der Waals surface area contributed by atoms with Crippen LogP contribution in [-0.2, 0) is 10.0 Å². The summed E-state index contributed by atoms with van der Waals surface area (Å²) in [6.45, 7) is 3.05. The first kappa shape index (κ1) is 22.7. The van der Waals surface area contributed by atoms with Crippen LogP contribution < -0.4 is 25.2 Å². The Balaban J connectivity index is 1.64. The topological polar surface area (TPSA) is 87.6 Å². The number of hydrogen-bond donors (Lipinski definition) is 3. The van der Waals surface area contributed by atoms with Crippen molar-refractivity contribution in [2.45, 2.75) is 11.3 Å². The molecule has 2 heterocycles. The van der Waals surface area contributed by atoms with Gasteiger partial charge in [0.05, 0.1) is 27.5 Å². The van der Waals surface area contributed by atoms with Gasteiger partial charge in [-0.05, 0) is 37.2 Å². The monoisotopic (exact) mass is 500 g/mol. The summed E-state index contributed by atoms with van der Waals surface area (Å²) >= 11 is 7.56. The molecule has 12 heteroatoms. The fraction of sp³-hybridized carbons (Fsp3) is 0.250. The molecule has 32 heavy (non-hydrogen) atoms. The molecule has 0 aliphatic carbocycles. The van der Waals surface area contributed by atoms with Gasteiger partial charge >= 0.3 is 10.0 Å². The molecule has 0 atom stereocenters. The lowest BCUT2D eigenvalue weighted by Crippen LogP contribution is -2.28. The molecule has 0 unspecified atom stereocenters. The van der Waals surface area contributed by atoms with Crippen molar-refractivity contribution in [1.29, 1.82) is 0 Å². The van der Waals surface area contributed by atoms with E-state index in [9.17, 15) is 17.2 Å². The van der Waals surface area contributed by atoms with Crippen molar-refractivity contribution in [2.75, 3.05) is 41.1 Å². The third-order valence-corrected chi connectivity index (χ3v) is 7.25. The Labute approximate surface area is 193 Å². The maximum atomic E-state index is 14.8. The van der Waals surface area contributed by atoms with Crippen LogP contribution in [0, 0.1) is 11.6 Å². The van der Waals surface area contributed by atoms with Gasteiger partial charge in [-0.25, -0.2) is 13.8 Å². The zero-order valence-corrected chi connectivity index (χ0v) is 19.2. The van der Waals surface area contributed by atoms with E-state index in [1.165, 1.54) is 23.5 Å². The molecule has 1 aliphatic rings. The van der Waals surface area contributed by atoms with Gasteiger partial charge in [-0.15, -0.1) is 11.3 Å². The molecule has 1 saturated heterocycles. The van der Waals surface area contributed by atoms with Gasteiger partial charge in [-0.2, -0.15) is 13.1 Å². The van der Waals surface area contributed by atoms with Crippen molar-refractivity contribution in [3.63, 3.8) is 0 Å². The largest absolute Gasteiger partial charge is 0.368 e. The Morgan fingerprint density at radius 3 is 2.75 bits per heavy atom. The predicted octanol–water partition coefficient (Wildman–Crippen LogP) is 3.84. The first-order valence-corrected chi connectivity index (χ1v) is 12.6. The Bertz CT molecular complexity index is 1200. The van der Waals surface area contributed by atoms with E-state index in [1.54, 1.807) is 17.0 Å². The maximum absolute atomic E-state index is 14.8. The predicted molar refractivity (Wildman–Crippen MR) is 122 cm³/mol. The Kier molecular flexibility index (Phi) is 6.79. The van der Waals surface area contributed by atoms with Crippen LogP contribution in [0.1, 0.15) is 6.42 Å². The molecule has 7 nitrogen and oxygen atoms in total. The maximum Gasteiger partial charge on any atom is 0.331 e. The van der Waals surface area contributed by atoms with Crippen LogP contribution >= 0.6 is 22.9 Å². The van der Waals surface area contributed by atoms with Gasteiger partial charge in [0, 0.05) is 25.7 Å². The summed E-state index contributed by atoms with van der Waals surface area (Å²) in [5.74, 6) is -1.14. The van der Waals surface area contributed by atoms with Crippen LogP contribution in [0.2, 0.25) is 5.02 Å². The van der Waals surface area contributed by atoms with Gasteiger partial charge in [-0.1, -0.05) is 11.6 Å². The first-order chi connectivity index (χ1) is 15.3. The number of anilines is 4. The van der Waals surface area contributed by atoms with Gasteiger partial charge in [-0.3, -0.25) is 0 Å². The van der Waals surface area contributed by atoms with Gasteiger partial charge in [0.25, 0.3) is 5.82 Å². The van der Waals surface area contributed by atoms with Crippen molar-refractivity contribution >= 4 is 55.8 Å². The summed E-state index contributed by atoms with van der Waals surface area (Å²) in [5, 5.41) is 7.87. The van der Waals surface area contributed by atoms with E-state index in [0.29, 0.717) is 17.9 Å². The lowest BCUT2D eigenvalue weighted by atomic mass is 10.2. The van der Waals surface area contributed by atoms with E-state index in [4.69, 9.17) is 11.6 Å². The molecular formula is C20H21ClF2N5O2S2+. The van der Waals surface area contributed by atoms with E-state index in [2.05, 4.69) is 20.3 Å². The number of sulfonamides is 1. The number of nitrogens with one attached hydrogen (secondary N) is 4. The normalized spacial score (nSPS) is 14.8. The van der Waals surface area contributed by atoms with Crippen LogP contribution in [0.5, 0.6) is 0 Å². The van der Waals surface area contributed by atoms with Crippen molar-refractivity contribution in [3.8, 4) is 0 Å². The zero-order valence-electron chi connectivity index (χ0n) is 16.8. The lowest BCUT2D eigenvalue weighted by molar-refractivity contribution is -0.353. The van der Waals surface area contributed by atoms with Gasteiger partial charge in [0.2, 0.25) is 0 Å². The van der Waals surface area contributed by atoms with E-state index in [-0.39, 0.29) is 16.5 Å². The third-order valence-electron chi connectivity index (χ3n) is 4.93. The summed E-state index contributed by atoms with van der Waals surface area (Å²) in [4.78, 5) is 4.17. The third kappa shape index (κ3) is 5.12. The molecule has 0 saturated carbocycles. The second-order valence-corrected chi connectivity index (χ2v) is 9.98. The van der Waals surface area contributed by atoms with E-state index in [1.807, 2.05) is 4.90 Å². The highest BCUT2D eigenvalue weighted by molar-refractivity contribution is 7.92. The van der Waals surface area contributed by atoms with Crippen molar-refractivity contribution in [2.24, 2.45) is 0 Å². The number of aromatic nitrogens is 1. The summed E-state index contributed by atoms with van der Waals surface area (Å²) < 4.78 is 56.2. The molecule has 1 aromatic heterocycles. The highest BCUT2D eigenvalue weighted by Gasteiger charge is 2.27. The van der Waals surface area contributed by atoms with E-state index < -0.39 is 26.6 Å². The smallest absolute Gasteiger partial charge is 0.331 e. The molecule has 4 rings (SSSR count). The van der Waals surface area contributed by atoms with Crippen LogP contribution in [-0.4, -0.2) is 34.6 Å². The molecule has 2 aromatic carbocycles. The molecule has 0 amide bonds. The molecule has 0 radical (unpaired) electrons. The average molecular weight is 501 g/mol. The standard InChI is InChI=1S/C20H20ClF2N5O2S2/c21-14-9-19(32(29,30)27-20-11-31-12-25-20)15(23)10-17(14)26-16-3-2-13(22)8-18(16)28-6-1-4-24-5-7-28/h2-3,8-12,24,26-27H,1,4-7H2/p+1. The van der Waals surface area contributed by atoms with Crippen LogP contribution in [0.25, 0.3) is 0 Å². The molecular weight excluding hydrogens is 480 g/mol. The minimum absolute atomic E-state index is 0.00822. The molecule has 170 valence electrons. The van der Waals surface area contributed by atoms with Crippen LogP contribution in [0.3, 0.4) is 0 Å². The number of nitrogens with zero attached hydrogens (tertiary/aromatic N) is 1. The van der Waals surface area contributed by atoms with Crippen molar-refractivity contribution < 1.29 is 22.2 Å². The average Bonchev–Trinajstić information content (AvgIpc) is 3.09. The Hall–Kier alpha value is -2.47. The number of hydrogen-bond acceptors (Lipinski definition) is 6. The zero-order chi connectivity index (χ0) is 22.7. The molecule has 3 aromatic rings. The summed E-state index contributed by atoms with van der Waals surface area (Å²) in [5.41, 5.74) is 2.91. The summed E-state index contributed by atoms with van der Waals surface area (Å²) in [6.07, 6.45) is 0.895. The molecule has 4 N–H and O–H groups in total. The first-order valence-electron chi connectivity index (χ1n) is 9.81. The number of rotatable bonds is 6. The molecule has 0 bridgehead atoms. The van der Waals surface area contributed by atoms with Crippen molar-refractivity contribution in [3.05, 3.63) is 57.9 Å². The molecule has 0 spiro atoms. The van der Waals surface area contributed by atoms with Crippen LogP contribution in [0.15, 0.2) is 46.1 Å². The molecule has 1 fully saturated rings. The van der Waals surface area contributed by atoms with Gasteiger partial charge < -0.3 is 15.5 Å². The Morgan fingerprint density at radius 1 is 1.12 bits per heavy atom. The summed E-state index contributed by atoms with van der Waals surface area (Å²) in [6, 6.07) is 6.33. The van der Waals surface area contributed by atoms with Gasteiger partial charge in [0.1, 0.15) is 22.0 Å². The summed E-state index contributed by atoms with van der Waals surface area (Å²) in [7, 11) is -4.19. The molecule has 1 aliphatic heterocycles. The second-order valence-electron chi connectivity index (χ2n) is 7.17. The Morgan fingerprint density at radius 2 is 1.97 bits per heavy atom. The SMILES string of the molecule is O=S(=O)(Nc1csc[nH+]1)c1cc(Cl)c(Nc2ccc(F)cc2N2CCCNCC2)cc1F. The van der Waals surface area contributed by atoms with Gasteiger partial charge in [0.15, 0.2) is 0 Å². The number of thiazole rings is 1. The highest BCUT2D eigenvalue weighted by atomic mass is 35.5. The van der Waals surface area contributed by atoms with E-state index in [0.717, 1.165) is 38.2 Å². The number of aromatic amines is 1. The number of halogens is 3. The number of H-pyrrole nitrogens is 1. The minimum atomic E-state index is -4.19. The lowest BCUT2D eigenvalue weighted by Gasteiger charge is -2.26. The second kappa shape index (κ2) is 9.57. The quantitative estimate of drug-likeness (QED) is 0.478. The fourth-order valence-electron chi connectivity index (χ4n) is 3.42. The highest BCUT2D eigenvalue weighted by Crippen LogP contribution is 2.35. The minimum Gasteiger partial charge on any atom is -0.368 e. The van der Waals surface area contributed by atoms with Crippen LogP contribution in [0.4, 0.5) is 31.7 Å². The fourth-order valence-corrected chi connectivity index (χ4v) is 5.40. The van der Waals surface area contributed by atoms with Crippen molar-refractivity contribution in [1.82, 2.24) is 5.32 Å². The number of benzene rings is 2.